The van der Waals surface area contributed by atoms with E-state index in [0.717, 1.165) is 28.8 Å². The SMILES string of the molecule is CCc1cccc(CC2N=C(c3ccc(F)cc3)c3cc(Cl)ccc3N(C)C2=O)c1. The van der Waals surface area contributed by atoms with Crippen LogP contribution in [0.4, 0.5) is 10.1 Å². The van der Waals surface area contributed by atoms with E-state index in [1.54, 1.807) is 30.1 Å². The lowest BCUT2D eigenvalue weighted by molar-refractivity contribution is -0.119. The summed E-state index contributed by atoms with van der Waals surface area (Å²) >= 11 is 6.27. The van der Waals surface area contributed by atoms with Crippen molar-refractivity contribution in [2.24, 2.45) is 4.99 Å². The van der Waals surface area contributed by atoms with E-state index in [4.69, 9.17) is 16.6 Å². The van der Waals surface area contributed by atoms with Crippen molar-refractivity contribution in [3.8, 4) is 0 Å². The first-order valence-corrected chi connectivity index (χ1v) is 10.3. The zero-order valence-corrected chi connectivity index (χ0v) is 17.7. The number of rotatable bonds is 4. The number of aliphatic imine (C=N–C) groups is 1. The third-order valence-corrected chi connectivity index (χ3v) is 5.66. The van der Waals surface area contributed by atoms with Crippen molar-refractivity contribution < 1.29 is 9.18 Å². The van der Waals surface area contributed by atoms with Crippen molar-refractivity contribution >= 4 is 28.9 Å². The van der Waals surface area contributed by atoms with Gasteiger partial charge in [-0.3, -0.25) is 9.79 Å². The van der Waals surface area contributed by atoms with Gasteiger partial charge < -0.3 is 4.90 Å². The number of hydrogen-bond acceptors (Lipinski definition) is 2. The average molecular weight is 421 g/mol. The molecular weight excluding hydrogens is 399 g/mol. The molecule has 3 nitrogen and oxygen atoms in total. The number of fused-ring (bicyclic) bond motifs is 1. The number of benzene rings is 3. The molecule has 0 aliphatic carbocycles. The summed E-state index contributed by atoms with van der Waals surface area (Å²) in [6.07, 6.45) is 1.42. The van der Waals surface area contributed by atoms with Crippen LogP contribution in [0.2, 0.25) is 5.02 Å². The van der Waals surface area contributed by atoms with Gasteiger partial charge in [-0.2, -0.15) is 0 Å². The zero-order chi connectivity index (χ0) is 21.3. The Bertz CT molecular complexity index is 1120. The van der Waals surface area contributed by atoms with E-state index in [-0.39, 0.29) is 11.7 Å². The maximum Gasteiger partial charge on any atom is 0.251 e. The molecular formula is C25H22ClFN2O. The molecule has 0 bridgehead atoms. The Balaban J connectivity index is 1.84. The normalized spacial score (nSPS) is 16.1. The minimum atomic E-state index is -0.590. The quantitative estimate of drug-likeness (QED) is 0.551. The Morgan fingerprint density at radius 2 is 1.77 bits per heavy atom. The summed E-state index contributed by atoms with van der Waals surface area (Å²) in [4.78, 5) is 19.8. The van der Waals surface area contributed by atoms with Gasteiger partial charge in [-0.05, 0) is 60.0 Å². The predicted octanol–water partition coefficient (Wildman–Crippen LogP) is 5.47. The Hall–Kier alpha value is -2.98. The van der Waals surface area contributed by atoms with E-state index >= 15 is 0 Å². The first-order chi connectivity index (χ1) is 14.5. The summed E-state index contributed by atoms with van der Waals surface area (Å²) in [7, 11) is 1.76. The molecule has 0 saturated carbocycles. The highest BCUT2D eigenvalue weighted by molar-refractivity contribution is 6.32. The molecule has 3 aromatic carbocycles. The van der Waals surface area contributed by atoms with Crippen LogP contribution in [0, 0.1) is 5.82 Å². The van der Waals surface area contributed by atoms with Gasteiger partial charge in [0.2, 0.25) is 0 Å². The van der Waals surface area contributed by atoms with Crippen LogP contribution in [-0.4, -0.2) is 24.7 Å². The molecule has 0 radical (unpaired) electrons. The van der Waals surface area contributed by atoms with Gasteiger partial charge in [0, 0.05) is 29.6 Å². The van der Waals surface area contributed by atoms with E-state index in [9.17, 15) is 9.18 Å². The molecule has 0 aromatic heterocycles. The molecule has 1 amide bonds. The number of likely N-dealkylation sites (N-methyl/N-ethyl adjacent to an activating group) is 1. The van der Waals surface area contributed by atoms with Gasteiger partial charge in [-0.15, -0.1) is 0 Å². The zero-order valence-electron chi connectivity index (χ0n) is 16.9. The van der Waals surface area contributed by atoms with Gasteiger partial charge in [0.25, 0.3) is 5.91 Å². The smallest absolute Gasteiger partial charge is 0.251 e. The summed E-state index contributed by atoms with van der Waals surface area (Å²) in [6.45, 7) is 2.11. The molecule has 1 unspecified atom stereocenters. The van der Waals surface area contributed by atoms with Crippen LogP contribution in [0.5, 0.6) is 0 Å². The van der Waals surface area contributed by atoms with Gasteiger partial charge in [-0.1, -0.05) is 42.8 Å². The van der Waals surface area contributed by atoms with Crippen molar-refractivity contribution in [3.63, 3.8) is 0 Å². The van der Waals surface area contributed by atoms with Crippen LogP contribution < -0.4 is 4.90 Å². The van der Waals surface area contributed by atoms with E-state index in [1.807, 2.05) is 24.3 Å². The summed E-state index contributed by atoms with van der Waals surface area (Å²) < 4.78 is 13.5. The Morgan fingerprint density at radius 3 is 2.50 bits per heavy atom. The average Bonchev–Trinajstić information content (AvgIpc) is 2.85. The molecule has 0 saturated heterocycles. The molecule has 5 heteroatoms. The number of carbonyl (C=O) groups excluding carboxylic acids is 1. The van der Waals surface area contributed by atoms with Crippen molar-refractivity contribution in [3.05, 3.63) is 99.8 Å². The molecule has 0 spiro atoms. The summed E-state index contributed by atoms with van der Waals surface area (Å²) in [5, 5.41) is 0.554. The molecule has 1 atom stereocenters. The number of anilines is 1. The Kier molecular flexibility index (Phi) is 5.69. The minimum Gasteiger partial charge on any atom is -0.313 e. The second kappa shape index (κ2) is 8.41. The number of amides is 1. The van der Waals surface area contributed by atoms with E-state index in [0.29, 0.717) is 17.2 Å². The van der Waals surface area contributed by atoms with Crippen molar-refractivity contribution in [2.75, 3.05) is 11.9 Å². The Morgan fingerprint density at radius 1 is 1.03 bits per heavy atom. The lowest BCUT2D eigenvalue weighted by Crippen LogP contribution is -2.36. The van der Waals surface area contributed by atoms with Crippen molar-refractivity contribution in [1.82, 2.24) is 0 Å². The van der Waals surface area contributed by atoms with Crippen LogP contribution in [-0.2, 0) is 17.6 Å². The highest BCUT2D eigenvalue weighted by Gasteiger charge is 2.30. The van der Waals surface area contributed by atoms with Crippen LogP contribution in [0.15, 0.2) is 71.7 Å². The molecule has 30 heavy (non-hydrogen) atoms. The second-order valence-corrected chi connectivity index (χ2v) is 7.87. The fourth-order valence-corrected chi connectivity index (χ4v) is 3.96. The highest BCUT2D eigenvalue weighted by atomic mass is 35.5. The lowest BCUT2D eigenvalue weighted by Gasteiger charge is -2.20. The summed E-state index contributed by atoms with van der Waals surface area (Å²) in [6, 6.07) is 19.2. The third-order valence-electron chi connectivity index (χ3n) is 5.42. The molecule has 4 rings (SSSR count). The predicted molar refractivity (Wildman–Crippen MR) is 120 cm³/mol. The van der Waals surface area contributed by atoms with Gasteiger partial charge in [0.1, 0.15) is 11.9 Å². The second-order valence-electron chi connectivity index (χ2n) is 7.44. The van der Waals surface area contributed by atoms with Gasteiger partial charge in [-0.25, -0.2) is 4.39 Å². The summed E-state index contributed by atoms with van der Waals surface area (Å²) in [5.74, 6) is -0.405. The fraction of sp³-hybridized carbons (Fsp3) is 0.200. The maximum atomic E-state index is 13.5. The van der Waals surface area contributed by atoms with Gasteiger partial charge in [0.15, 0.2) is 0 Å². The first kappa shape index (κ1) is 20.3. The molecule has 0 fully saturated rings. The molecule has 1 aliphatic heterocycles. The number of nitrogens with zero attached hydrogens (tertiary/aromatic N) is 2. The number of halogens is 2. The van der Waals surface area contributed by atoms with Crippen LogP contribution in [0.3, 0.4) is 0 Å². The van der Waals surface area contributed by atoms with Crippen LogP contribution in [0.25, 0.3) is 0 Å². The molecule has 3 aromatic rings. The van der Waals surface area contributed by atoms with E-state index < -0.39 is 6.04 Å². The summed E-state index contributed by atoms with van der Waals surface area (Å²) in [5.41, 5.74) is 5.16. The number of carbonyl (C=O) groups is 1. The van der Waals surface area contributed by atoms with E-state index in [1.165, 1.54) is 17.7 Å². The topological polar surface area (TPSA) is 32.7 Å². The molecule has 1 aliphatic rings. The van der Waals surface area contributed by atoms with Crippen molar-refractivity contribution in [2.45, 2.75) is 25.8 Å². The van der Waals surface area contributed by atoms with Crippen molar-refractivity contribution in [1.29, 1.82) is 0 Å². The Labute approximate surface area is 180 Å². The monoisotopic (exact) mass is 420 g/mol. The van der Waals surface area contributed by atoms with Crippen LogP contribution in [0.1, 0.15) is 29.2 Å². The molecule has 0 N–H and O–H groups in total. The van der Waals surface area contributed by atoms with Gasteiger partial charge >= 0.3 is 0 Å². The number of benzodiazepines with no additional fused rings is 1. The number of aryl methyl sites for hydroxylation is 1. The number of hydrogen-bond donors (Lipinski definition) is 0. The lowest BCUT2D eigenvalue weighted by atomic mass is 10.00. The van der Waals surface area contributed by atoms with Gasteiger partial charge in [0.05, 0.1) is 11.4 Å². The minimum absolute atomic E-state index is 0.0856. The van der Waals surface area contributed by atoms with E-state index in [2.05, 4.69) is 19.1 Å². The molecule has 1 heterocycles. The fourth-order valence-electron chi connectivity index (χ4n) is 3.78. The largest absolute Gasteiger partial charge is 0.313 e. The standard InChI is InChI=1S/C25H22ClFN2O/c1-3-16-5-4-6-17(13-16)14-22-25(30)29(2)23-12-9-19(26)15-21(23)24(28-22)18-7-10-20(27)11-8-18/h4-13,15,22H,3,14H2,1-2H3. The first-order valence-electron chi connectivity index (χ1n) is 9.95. The molecule has 152 valence electrons. The van der Waals surface area contributed by atoms with Crippen LogP contribution >= 0.6 is 11.6 Å². The third kappa shape index (κ3) is 4.01. The highest BCUT2D eigenvalue weighted by Crippen LogP contribution is 2.31. The maximum absolute atomic E-state index is 13.5.